The molecular formula is C20H25N3O4. The summed E-state index contributed by atoms with van der Waals surface area (Å²) in [5.41, 5.74) is 1.68. The maximum absolute atomic E-state index is 12.4. The first kappa shape index (κ1) is 19.1. The Labute approximate surface area is 158 Å². The average molecular weight is 371 g/mol. The van der Waals surface area contributed by atoms with Gasteiger partial charge in [-0.05, 0) is 5.56 Å². The van der Waals surface area contributed by atoms with Crippen molar-refractivity contribution >= 4 is 11.9 Å². The number of nitrogens with one attached hydrogen (secondary N) is 1. The number of amides is 3. The second kappa shape index (κ2) is 7.92. The monoisotopic (exact) mass is 371 g/mol. The fourth-order valence-corrected chi connectivity index (χ4v) is 2.79. The molecule has 1 aromatic carbocycles. The molecule has 27 heavy (non-hydrogen) atoms. The topological polar surface area (TPSA) is 84.7 Å². The molecule has 7 nitrogen and oxygen atoms in total. The van der Waals surface area contributed by atoms with E-state index in [1.54, 1.807) is 6.07 Å². The van der Waals surface area contributed by atoms with E-state index in [-0.39, 0.29) is 36.9 Å². The van der Waals surface area contributed by atoms with E-state index in [1.165, 1.54) is 0 Å². The molecule has 7 heteroatoms. The molecule has 3 amide bonds. The molecule has 0 bridgehead atoms. The SMILES string of the molecule is CC(C)(C)c1cc(CN2C(=O)C[C@@H](COCc3ccccc3)NC2=O)on1. The molecule has 0 radical (unpaired) electrons. The summed E-state index contributed by atoms with van der Waals surface area (Å²) in [6.45, 7) is 6.87. The Hall–Kier alpha value is -2.67. The van der Waals surface area contributed by atoms with Gasteiger partial charge in [-0.15, -0.1) is 0 Å². The number of carbonyl (C=O) groups is 2. The molecular weight excluding hydrogens is 346 g/mol. The summed E-state index contributed by atoms with van der Waals surface area (Å²) in [6, 6.07) is 10.8. The minimum atomic E-state index is -0.437. The highest BCUT2D eigenvalue weighted by Crippen LogP contribution is 2.22. The zero-order valence-electron chi connectivity index (χ0n) is 15.9. The Morgan fingerprint density at radius 2 is 2.00 bits per heavy atom. The van der Waals surface area contributed by atoms with Crippen LogP contribution in [0.25, 0.3) is 0 Å². The molecule has 1 aromatic heterocycles. The molecule has 0 aliphatic carbocycles. The minimum Gasteiger partial charge on any atom is -0.375 e. The summed E-state index contributed by atoms with van der Waals surface area (Å²) in [7, 11) is 0. The first-order valence-electron chi connectivity index (χ1n) is 9.01. The zero-order chi connectivity index (χ0) is 19.4. The van der Waals surface area contributed by atoms with E-state index in [1.807, 2.05) is 51.1 Å². The standard InChI is InChI=1S/C20H25N3O4/c1-20(2,3)17-10-16(27-22-17)11-23-18(24)9-15(21-19(23)25)13-26-12-14-7-5-4-6-8-14/h4-8,10,15H,9,11-13H2,1-3H3,(H,21,25)/t15-/m0/s1. The second-order valence-electron chi connectivity index (χ2n) is 7.76. The maximum Gasteiger partial charge on any atom is 0.324 e. The lowest BCUT2D eigenvalue weighted by Gasteiger charge is -2.30. The molecule has 1 fully saturated rings. The summed E-state index contributed by atoms with van der Waals surface area (Å²) >= 11 is 0. The molecule has 1 atom stereocenters. The first-order valence-corrected chi connectivity index (χ1v) is 9.01. The quantitative estimate of drug-likeness (QED) is 0.844. The number of hydrogen-bond acceptors (Lipinski definition) is 5. The Kier molecular flexibility index (Phi) is 5.60. The molecule has 0 unspecified atom stereocenters. The number of nitrogens with zero attached hydrogens (tertiary/aromatic N) is 2. The van der Waals surface area contributed by atoms with E-state index in [9.17, 15) is 9.59 Å². The van der Waals surface area contributed by atoms with Crippen molar-refractivity contribution in [2.75, 3.05) is 6.61 Å². The number of hydrogen-bond donors (Lipinski definition) is 1. The maximum atomic E-state index is 12.4. The highest BCUT2D eigenvalue weighted by Gasteiger charge is 2.33. The number of urea groups is 1. The first-order chi connectivity index (χ1) is 12.8. The molecule has 2 aromatic rings. The Morgan fingerprint density at radius 1 is 1.26 bits per heavy atom. The van der Waals surface area contributed by atoms with Gasteiger partial charge in [0.1, 0.15) is 0 Å². The molecule has 3 rings (SSSR count). The number of rotatable bonds is 6. The highest BCUT2D eigenvalue weighted by molar-refractivity contribution is 5.97. The van der Waals surface area contributed by atoms with Gasteiger partial charge in [0, 0.05) is 17.9 Å². The van der Waals surface area contributed by atoms with Crippen molar-refractivity contribution in [3.8, 4) is 0 Å². The van der Waals surface area contributed by atoms with E-state index < -0.39 is 6.03 Å². The van der Waals surface area contributed by atoms with Crippen molar-refractivity contribution in [1.82, 2.24) is 15.4 Å². The Bertz CT molecular complexity index is 777. The van der Waals surface area contributed by atoms with Crippen LogP contribution in [0.2, 0.25) is 0 Å². The normalized spacial score (nSPS) is 17.9. The lowest BCUT2D eigenvalue weighted by molar-refractivity contribution is -0.131. The molecule has 1 aliphatic rings. The predicted molar refractivity (Wildman–Crippen MR) is 98.8 cm³/mol. The molecule has 1 saturated heterocycles. The number of imide groups is 1. The van der Waals surface area contributed by atoms with Crippen molar-refractivity contribution in [1.29, 1.82) is 0 Å². The zero-order valence-corrected chi connectivity index (χ0v) is 15.9. The largest absolute Gasteiger partial charge is 0.375 e. The summed E-state index contributed by atoms with van der Waals surface area (Å²) in [5.74, 6) is 0.239. The predicted octanol–water partition coefficient (Wildman–Crippen LogP) is 3.00. The third-order valence-corrected chi connectivity index (χ3v) is 4.37. The van der Waals surface area contributed by atoms with Crippen molar-refractivity contribution < 1.29 is 18.8 Å². The molecule has 0 saturated carbocycles. The molecule has 0 spiro atoms. The van der Waals surface area contributed by atoms with Crippen LogP contribution in [0.3, 0.4) is 0 Å². The third-order valence-electron chi connectivity index (χ3n) is 4.37. The fourth-order valence-electron chi connectivity index (χ4n) is 2.79. The van der Waals surface area contributed by atoms with Gasteiger partial charge in [-0.25, -0.2) is 4.79 Å². The van der Waals surface area contributed by atoms with Gasteiger partial charge in [-0.2, -0.15) is 0 Å². The molecule has 1 N–H and O–H groups in total. The van der Waals surface area contributed by atoms with E-state index in [2.05, 4.69) is 10.5 Å². The van der Waals surface area contributed by atoms with Crippen LogP contribution in [0.4, 0.5) is 4.79 Å². The molecule has 2 heterocycles. The van der Waals surface area contributed by atoms with Crippen LogP contribution in [0, 0.1) is 0 Å². The van der Waals surface area contributed by atoms with E-state index in [4.69, 9.17) is 9.26 Å². The third kappa shape index (κ3) is 4.95. The van der Waals surface area contributed by atoms with Crippen molar-refractivity contribution in [2.45, 2.75) is 51.8 Å². The van der Waals surface area contributed by atoms with Gasteiger partial charge in [-0.1, -0.05) is 56.3 Å². The Balaban J connectivity index is 1.52. The number of aromatic nitrogens is 1. The highest BCUT2D eigenvalue weighted by atomic mass is 16.5. The van der Waals surface area contributed by atoms with Crippen LogP contribution in [-0.2, 0) is 28.1 Å². The van der Waals surface area contributed by atoms with Crippen molar-refractivity contribution in [3.05, 3.63) is 53.4 Å². The van der Waals surface area contributed by atoms with Crippen molar-refractivity contribution in [2.24, 2.45) is 0 Å². The lowest BCUT2D eigenvalue weighted by atomic mass is 9.92. The van der Waals surface area contributed by atoms with Crippen LogP contribution in [0.5, 0.6) is 0 Å². The van der Waals surface area contributed by atoms with Gasteiger partial charge in [0.15, 0.2) is 5.76 Å². The van der Waals surface area contributed by atoms with Gasteiger partial charge in [-0.3, -0.25) is 9.69 Å². The Morgan fingerprint density at radius 3 is 2.63 bits per heavy atom. The van der Waals surface area contributed by atoms with Crippen LogP contribution in [-0.4, -0.2) is 34.6 Å². The lowest BCUT2D eigenvalue weighted by Crippen LogP contribution is -2.55. The van der Waals surface area contributed by atoms with Gasteiger partial charge >= 0.3 is 6.03 Å². The van der Waals surface area contributed by atoms with Crippen LogP contribution in [0.15, 0.2) is 40.9 Å². The van der Waals surface area contributed by atoms with Gasteiger partial charge in [0.05, 0.1) is 31.5 Å². The van der Waals surface area contributed by atoms with Gasteiger partial charge < -0.3 is 14.6 Å². The number of ether oxygens (including phenoxy) is 1. The average Bonchev–Trinajstić information content (AvgIpc) is 3.08. The number of benzene rings is 1. The van der Waals surface area contributed by atoms with Crippen molar-refractivity contribution in [3.63, 3.8) is 0 Å². The number of carbonyl (C=O) groups excluding carboxylic acids is 2. The summed E-state index contributed by atoms with van der Waals surface area (Å²) in [5, 5.41) is 6.84. The minimum absolute atomic E-state index is 0.0747. The van der Waals surface area contributed by atoms with E-state index >= 15 is 0 Å². The van der Waals surface area contributed by atoms with Crippen LogP contribution < -0.4 is 5.32 Å². The molecule has 144 valence electrons. The fraction of sp³-hybridized carbons (Fsp3) is 0.450. The van der Waals surface area contributed by atoms with Gasteiger partial charge in [0.2, 0.25) is 5.91 Å². The van der Waals surface area contributed by atoms with E-state index in [0.717, 1.165) is 16.2 Å². The van der Waals surface area contributed by atoms with Gasteiger partial charge in [0.25, 0.3) is 0 Å². The van der Waals surface area contributed by atoms with E-state index in [0.29, 0.717) is 12.4 Å². The van der Waals surface area contributed by atoms with Crippen LogP contribution >= 0.6 is 0 Å². The summed E-state index contributed by atoms with van der Waals surface area (Å²) in [6.07, 6.45) is 0.195. The summed E-state index contributed by atoms with van der Waals surface area (Å²) < 4.78 is 10.9. The van der Waals surface area contributed by atoms with Crippen LogP contribution in [0.1, 0.15) is 44.2 Å². The summed E-state index contributed by atoms with van der Waals surface area (Å²) in [4.78, 5) is 25.9. The second-order valence-corrected chi connectivity index (χ2v) is 7.76. The smallest absolute Gasteiger partial charge is 0.324 e. The molecule has 1 aliphatic heterocycles.